The number of fused-ring (bicyclic) bond motifs is 1. The van der Waals surface area contributed by atoms with Gasteiger partial charge in [0.2, 0.25) is 10.0 Å². The average Bonchev–Trinajstić information content (AvgIpc) is 3.18. The van der Waals surface area contributed by atoms with Crippen LogP contribution in [-0.2, 0) is 10.0 Å². The zero-order valence-corrected chi connectivity index (χ0v) is 18.2. The minimum atomic E-state index is -3.51. The largest absolute Gasteiger partial charge is 0.354 e. The van der Waals surface area contributed by atoms with E-state index < -0.39 is 10.0 Å². The number of para-hydroxylation sites is 1. The van der Waals surface area contributed by atoms with Gasteiger partial charge in [-0.25, -0.2) is 13.1 Å². The Kier molecular flexibility index (Phi) is 6.58. The van der Waals surface area contributed by atoms with Crippen LogP contribution in [0, 0.1) is 0 Å². The molecule has 1 aromatic heterocycles. The molecule has 0 atom stereocenters. The van der Waals surface area contributed by atoms with E-state index in [1.807, 2.05) is 24.3 Å². The number of nitrogens with one attached hydrogen (secondary N) is 1. The molecule has 1 fully saturated rings. The SMILES string of the molecule is O=S(=O)(NCCCCN1CCN(c2noc3ccccc23)CC1)c1cccc(Cl)c1. The van der Waals surface area contributed by atoms with Crippen molar-refractivity contribution >= 4 is 38.4 Å². The molecular weight excluding hydrogens is 424 g/mol. The standard InChI is InChI=1S/C21H25ClN4O3S/c22-17-6-5-7-18(16-17)30(27,28)23-10-3-4-11-25-12-14-26(15-13-25)21-19-8-1-2-9-20(19)29-24-21/h1-2,5-9,16,23H,3-4,10-15H2. The third-order valence-corrected chi connectivity index (χ3v) is 7.02. The van der Waals surface area contributed by atoms with Crippen molar-refractivity contribution in [3.05, 3.63) is 53.6 Å². The molecule has 9 heteroatoms. The van der Waals surface area contributed by atoms with Crippen molar-refractivity contribution in [1.82, 2.24) is 14.8 Å². The van der Waals surface area contributed by atoms with Crippen LogP contribution in [0.1, 0.15) is 12.8 Å². The summed E-state index contributed by atoms with van der Waals surface area (Å²) in [5, 5.41) is 5.71. The van der Waals surface area contributed by atoms with Crippen LogP contribution < -0.4 is 9.62 Å². The summed E-state index contributed by atoms with van der Waals surface area (Å²) in [6.07, 6.45) is 1.72. The Labute approximate surface area is 181 Å². The van der Waals surface area contributed by atoms with Crippen LogP contribution in [-0.4, -0.2) is 57.7 Å². The second kappa shape index (κ2) is 9.34. The molecule has 1 aliphatic heterocycles. The first kappa shape index (κ1) is 21.1. The highest BCUT2D eigenvalue weighted by Crippen LogP contribution is 2.26. The van der Waals surface area contributed by atoms with E-state index >= 15 is 0 Å². The predicted octanol–water partition coefficient (Wildman–Crippen LogP) is 3.36. The number of nitrogens with zero attached hydrogens (tertiary/aromatic N) is 3. The van der Waals surface area contributed by atoms with Gasteiger partial charge in [0.25, 0.3) is 0 Å². The molecule has 160 valence electrons. The molecule has 0 aliphatic carbocycles. The first-order valence-electron chi connectivity index (χ1n) is 10.1. The number of unbranched alkanes of at least 4 members (excludes halogenated alkanes) is 1. The molecule has 1 saturated heterocycles. The first-order valence-corrected chi connectivity index (χ1v) is 12.0. The molecule has 0 saturated carbocycles. The summed E-state index contributed by atoms with van der Waals surface area (Å²) in [4.78, 5) is 4.87. The number of anilines is 1. The maximum atomic E-state index is 12.3. The minimum absolute atomic E-state index is 0.200. The molecule has 7 nitrogen and oxygen atoms in total. The third-order valence-electron chi connectivity index (χ3n) is 5.33. The van der Waals surface area contributed by atoms with Gasteiger partial charge in [0.1, 0.15) is 0 Å². The summed E-state index contributed by atoms with van der Waals surface area (Å²) in [5.74, 6) is 0.917. The molecule has 2 aromatic carbocycles. The first-order chi connectivity index (χ1) is 14.5. The van der Waals surface area contributed by atoms with Gasteiger partial charge in [-0.15, -0.1) is 0 Å². The monoisotopic (exact) mass is 448 g/mol. The number of benzene rings is 2. The van der Waals surface area contributed by atoms with E-state index in [0.29, 0.717) is 11.6 Å². The van der Waals surface area contributed by atoms with Gasteiger partial charge in [0.05, 0.1) is 10.3 Å². The maximum absolute atomic E-state index is 12.3. The molecule has 4 rings (SSSR count). The number of halogens is 1. The second-order valence-corrected chi connectivity index (χ2v) is 9.60. The number of rotatable bonds is 8. The summed E-state index contributed by atoms with van der Waals surface area (Å²) >= 11 is 5.88. The van der Waals surface area contributed by atoms with Crippen LogP contribution in [0.25, 0.3) is 11.0 Å². The van der Waals surface area contributed by atoms with Gasteiger partial charge in [-0.2, -0.15) is 0 Å². The average molecular weight is 449 g/mol. The van der Waals surface area contributed by atoms with Gasteiger partial charge < -0.3 is 9.42 Å². The lowest BCUT2D eigenvalue weighted by Gasteiger charge is -2.34. The lowest BCUT2D eigenvalue weighted by atomic mass is 10.2. The Hall–Kier alpha value is -2.13. The zero-order chi connectivity index (χ0) is 21.0. The normalized spacial score (nSPS) is 15.7. The number of sulfonamides is 1. The van der Waals surface area contributed by atoms with Crippen molar-refractivity contribution < 1.29 is 12.9 Å². The predicted molar refractivity (Wildman–Crippen MR) is 119 cm³/mol. The Balaban J connectivity index is 1.18. The van der Waals surface area contributed by atoms with Crippen LogP contribution in [0.3, 0.4) is 0 Å². The van der Waals surface area contributed by atoms with Crippen molar-refractivity contribution in [2.75, 3.05) is 44.2 Å². The van der Waals surface area contributed by atoms with Crippen LogP contribution in [0.2, 0.25) is 5.02 Å². The van der Waals surface area contributed by atoms with Crippen molar-refractivity contribution in [3.8, 4) is 0 Å². The van der Waals surface area contributed by atoms with E-state index in [9.17, 15) is 8.42 Å². The van der Waals surface area contributed by atoms with Gasteiger partial charge in [0, 0.05) is 37.7 Å². The van der Waals surface area contributed by atoms with E-state index in [2.05, 4.69) is 19.7 Å². The van der Waals surface area contributed by atoms with Crippen molar-refractivity contribution in [2.45, 2.75) is 17.7 Å². The van der Waals surface area contributed by atoms with E-state index in [4.69, 9.17) is 16.1 Å². The Morgan fingerprint density at radius 2 is 1.83 bits per heavy atom. The molecule has 30 heavy (non-hydrogen) atoms. The fourth-order valence-electron chi connectivity index (χ4n) is 3.67. The second-order valence-electron chi connectivity index (χ2n) is 7.39. The molecule has 3 aromatic rings. The lowest BCUT2D eigenvalue weighted by molar-refractivity contribution is 0.252. The van der Waals surface area contributed by atoms with Gasteiger partial charge in [-0.05, 0) is 49.7 Å². The lowest BCUT2D eigenvalue weighted by Crippen LogP contribution is -2.46. The zero-order valence-electron chi connectivity index (χ0n) is 16.6. The summed E-state index contributed by atoms with van der Waals surface area (Å²) in [7, 11) is -3.51. The fourth-order valence-corrected chi connectivity index (χ4v) is 5.04. The third kappa shape index (κ3) is 4.95. The molecule has 1 aliphatic rings. The molecule has 0 amide bonds. The van der Waals surface area contributed by atoms with Crippen molar-refractivity contribution in [3.63, 3.8) is 0 Å². The Bertz CT molecular complexity index is 1090. The van der Waals surface area contributed by atoms with Crippen molar-refractivity contribution in [1.29, 1.82) is 0 Å². The Morgan fingerprint density at radius 3 is 2.63 bits per heavy atom. The number of piperazine rings is 1. The summed E-state index contributed by atoms with van der Waals surface area (Å²) in [5.41, 5.74) is 0.815. The van der Waals surface area contributed by atoms with Gasteiger partial charge in [-0.1, -0.05) is 35.0 Å². The molecule has 1 N–H and O–H groups in total. The van der Waals surface area contributed by atoms with Crippen LogP contribution in [0.15, 0.2) is 57.9 Å². The number of hydrogen-bond acceptors (Lipinski definition) is 6. The molecule has 0 bridgehead atoms. The number of hydrogen-bond donors (Lipinski definition) is 1. The number of aromatic nitrogens is 1. The fraction of sp³-hybridized carbons (Fsp3) is 0.381. The van der Waals surface area contributed by atoms with E-state index in [1.54, 1.807) is 18.2 Å². The van der Waals surface area contributed by atoms with Gasteiger partial charge in [-0.3, -0.25) is 4.90 Å². The Morgan fingerprint density at radius 1 is 1.03 bits per heavy atom. The van der Waals surface area contributed by atoms with Gasteiger partial charge in [0.15, 0.2) is 11.4 Å². The smallest absolute Gasteiger partial charge is 0.240 e. The summed E-state index contributed by atoms with van der Waals surface area (Å²) < 4.78 is 32.7. The highest BCUT2D eigenvalue weighted by Gasteiger charge is 2.21. The van der Waals surface area contributed by atoms with Crippen molar-refractivity contribution in [2.24, 2.45) is 0 Å². The topological polar surface area (TPSA) is 78.7 Å². The molecule has 0 spiro atoms. The minimum Gasteiger partial charge on any atom is -0.354 e. The molecule has 2 heterocycles. The van der Waals surface area contributed by atoms with Crippen LogP contribution in [0.5, 0.6) is 0 Å². The van der Waals surface area contributed by atoms with Gasteiger partial charge >= 0.3 is 0 Å². The summed E-state index contributed by atoms with van der Waals surface area (Å²) in [6.45, 7) is 5.08. The maximum Gasteiger partial charge on any atom is 0.240 e. The van der Waals surface area contributed by atoms with E-state index in [0.717, 1.165) is 62.4 Å². The molecular formula is C21H25ClN4O3S. The highest BCUT2D eigenvalue weighted by molar-refractivity contribution is 7.89. The van der Waals surface area contributed by atoms with Crippen LogP contribution >= 0.6 is 11.6 Å². The molecule has 0 unspecified atom stereocenters. The highest BCUT2D eigenvalue weighted by atomic mass is 35.5. The van der Waals surface area contributed by atoms with E-state index in [-0.39, 0.29) is 4.90 Å². The van der Waals surface area contributed by atoms with E-state index in [1.165, 1.54) is 6.07 Å². The summed E-state index contributed by atoms with van der Waals surface area (Å²) in [6, 6.07) is 14.2. The quantitative estimate of drug-likeness (QED) is 0.532. The van der Waals surface area contributed by atoms with Crippen LogP contribution in [0.4, 0.5) is 5.82 Å². The molecule has 0 radical (unpaired) electrons.